The first kappa shape index (κ1) is 13.8. The Hall–Kier alpha value is -0.620. The molecule has 1 unspecified atom stereocenters. The van der Waals surface area contributed by atoms with Crippen LogP contribution in [0.4, 0.5) is 14.5 Å². The van der Waals surface area contributed by atoms with Crippen LogP contribution in [-0.4, -0.2) is 16.5 Å². The van der Waals surface area contributed by atoms with Crippen molar-refractivity contribution in [2.75, 3.05) is 11.1 Å². The lowest BCUT2D eigenvalue weighted by atomic mass is 10.0. The highest BCUT2D eigenvalue weighted by atomic mass is 79.9. The number of hydrogen-bond acceptors (Lipinski definition) is 3. The molecule has 0 aliphatic carbocycles. The Kier molecular flexibility index (Phi) is 3.96. The largest absolute Gasteiger partial charge is 0.332 e. The molecule has 2 rings (SSSR count). The number of anilines is 1. The van der Waals surface area contributed by atoms with Crippen LogP contribution in [0.25, 0.3) is 0 Å². The molecule has 0 spiro atoms. The molecule has 1 aliphatic rings. The number of benzene rings is 1. The molecule has 0 saturated carbocycles. The van der Waals surface area contributed by atoms with Gasteiger partial charge in [-0.2, -0.15) is 0 Å². The van der Waals surface area contributed by atoms with Gasteiger partial charge in [0, 0.05) is 11.8 Å². The fraction of sp³-hybridized carbons (Fsp3) is 0.417. The molecule has 1 aliphatic heterocycles. The van der Waals surface area contributed by atoms with Crippen molar-refractivity contribution in [1.29, 1.82) is 0 Å². The van der Waals surface area contributed by atoms with E-state index in [1.54, 1.807) is 0 Å². The van der Waals surface area contributed by atoms with E-state index in [1.165, 1.54) is 11.8 Å². The highest BCUT2D eigenvalue weighted by molar-refractivity contribution is 9.10. The molecular weight excluding hydrogens is 322 g/mol. The molecule has 18 heavy (non-hydrogen) atoms. The maximum Gasteiger partial charge on any atom is 0.161 e. The fourth-order valence-corrected chi connectivity index (χ4v) is 3.01. The maximum atomic E-state index is 13.6. The Morgan fingerprint density at radius 1 is 1.44 bits per heavy atom. The highest BCUT2D eigenvalue weighted by Crippen LogP contribution is 2.32. The average molecular weight is 335 g/mol. The second-order valence-corrected chi connectivity index (χ2v) is 6.25. The minimum absolute atomic E-state index is 0.113. The Balaban J connectivity index is 2.21. The minimum Gasteiger partial charge on any atom is -0.332 e. The van der Waals surface area contributed by atoms with Gasteiger partial charge in [-0.15, -0.1) is 0 Å². The predicted molar refractivity (Wildman–Crippen MR) is 76.3 cm³/mol. The van der Waals surface area contributed by atoms with Crippen LogP contribution in [0.2, 0.25) is 0 Å². The van der Waals surface area contributed by atoms with E-state index in [2.05, 4.69) is 33.2 Å². The number of halogens is 3. The Labute approximate surface area is 117 Å². The van der Waals surface area contributed by atoms with E-state index in [4.69, 9.17) is 0 Å². The normalized spacial score (nSPS) is 23.1. The van der Waals surface area contributed by atoms with Crippen molar-refractivity contribution in [3.63, 3.8) is 0 Å². The zero-order valence-electron chi connectivity index (χ0n) is 10.1. The van der Waals surface area contributed by atoms with E-state index in [0.29, 0.717) is 5.17 Å². The van der Waals surface area contributed by atoms with Gasteiger partial charge in [0.1, 0.15) is 11.6 Å². The first-order valence-electron chi connectivity index (χ1n) is 5.58. The summed E-state index contributed by atoms with van der Waals surface area (Å²) >= 11 is 4.47. The number of aliphatic imine (C=N–C) groups is 1. The first-order valence-corrected chi connectivity index (χ1v) is 7.35. The van der Waals surface area contributed by atoms with E-state index in [-0.39, 0.29) is 15.7 Å². The lowest BCUT2D eigenvalue weighted by molar-refractivity contribution is 0.522. The van der Waals surface area contributed by atoms with Crippen LogP contribution < -0.4 is 5.32 Å². The molecule has 0 fully saturated rings. The molecule has 0 bridgehead atoms. The predicted octanol–water partition coefficient (Wildman–Crippen LogP) is 4.41. The third-order valence-corrected chi connectivity index (χ3v) is 4.75. The minimum atomic E-state index is -0.503. The summed E-state index contributed by atoms with van der Waals surface area (Å²) in [5.41, 5.74) is -0.000462. The second kappa shape index (κ2) is 5.17. The van der Waals surface area contributed by atoms with E-state index in [0.717, 1.165) is 24.3 Å². The topological polar surface area (TPSA) is 24.4 Å². The van der Waals surface area contributed by atoms with Gasteiger partial charge in [0.25, 0.3) is 0 Å². The summed E-state index contributed by atoms with van der Waals surface area (Å²) in [5, 5.41) is 3.48. The van der Waals surface area contributed by atoms with Crippen molar-refractivity contribution in [3.8, 4) is 0 Å². The zero-order valence-corrected chi connectivity index (χ0v) is 12.5. The maximum absolute atomic E-state index is 13.6. The Bertz CT molecular complexity index is 507. The molecule has 0 amide bonds. The molecule has 1 heterocycles. The molecule has 1 atom stereocenters. The summed E-state index contributed by atoms with van der Waals surface area (Å²) in [7, 11) is 0. The lowest BCUT2D eigenvalue weighted by Gasteiger charge is -2.15. The summed E-state index contributed by atoms with van der Waals surface area (Å²) in [5.74, 6) is -0.149. The SMILES string of the molecule is CCC1(C)CSC(Nc2cc(F)c(Br)cc2F)=N1. The summed E-state index contributed by atoms with van der Waals surface area (Å²) in [6, 6.07) is 2.24. The van der Waals surface area contributed by atoms with Crippen molar-refractivity contribution in [1.82, 2.24) is 0 Å². The third-order valence-electron chi connectivity index (χ3n) is 2.90. The average Bonchev–Trinajstić information content (AvgIpc) is 2.69. The van der Waals surface area contributed by atoms with E-state index in [1.807, 2.05) is 6.92 Å². The third kappa shape index (κ3) is 2.85. The molecule has 6 heteroatoms. The summed E-state index contributed by atoms with van der Waals surface area (Å²) < 4.78 is 27.1. The monoisotopic (exact) mass is 334 g/mol. The van der Waals surface area contributed by atoms with Crippen LogP contribution in [0.5, 0.6) is 0 Å². The van der Waals surface area contributed by atoms with Gasteiger partial charge < -0.3 is 5.32 Å². The fourth-order valence-electron chi connectivity index (χ4n) is 1.51. The molecule has 1 aromatic rings. The molecule has 2 nitrogen and oxygen atoms in total. The van der Waals surface area contributed by atoms with Crippen LogP contribution in [0.3, 0.4) is 0 Å². The van der Waals surface area contributed by atoms with Gasteiger partial charge in [-0.3, -0.25) is 4.99 Å². The van der Waals surface area contributed by atoms with E-state index >= 15 is 0 Å². The molecule has 0 radical (unpaired) electrons. The summed E-state index contributed by atoms with van der Waals surface area (Å²) in [6.07, 6.45) is 0.919. The van der Waals surface area contributed by atoms with Gasteiger partial charge in [0.05, 0.1) is 15.7 Å². The van der Waals surface area contributed by atoms with Crippen LogP contribution in [0.1, 0.15) is 20.3 Å². The van der Waals surface area contributed by atoms with Crippen molar-refractivity contribution in [2.45, 2.75) is 25.8 Å². The van der Waals surface area contributed by atoms with Gasteiger partial charge in [-0.1, -0.05) is 18.7 Å². The number of amidine groups is 1. The number of thioether (sulfide) groups is 1. The standard InChI is InChI=1S/C12H13BrF2N2S/c1-3-12(2)6-18-11(17-12)16-10-5-8(14)7(13)4-9(10)15/h4-5H,3,6H2,1-2H3,(H,16,17). The second-order valence-electron chi connectivity index (χ2n) is 4.43. The van der Waals surface area contributed by atoms with Crippen molar-refractivity contribution in [2.24, 2.45) is 4.99 Å². The van der Waals surface area contributed by atoms with Gasteiger partial charge in [0.2, 0.25) is 0 Å². The summed E-state index contributed by atoms with van der Waals surface area (Å²) in [4.78, 5) is 4.49. The Morgan fingerprint density at radius 3 is 2.78 bits per heavy atom. The number of hydrogen-bond donors (Lipinski definition) is 1. The molecule has 0 saturated heterocycles. The van der Waals surface area contributed by atoms with Crippen LogP contribution >= 0.6 is 27.7 Å². The highest BCUT2D eigenvalue weighted by Gasteiger charge is 2.29. The van der Waals surface area contributed by atoms with Crippen molar-refractivity contribution in [3.05, 3.63) is 28.2 Å². The molecule has 0 aromatic heterocycles. The van der Waals surface area contributed by atoms with E-state index < -0.39 is 11.6 Å². The zero-order chi connectivity index (χ0) is 13.3. The quantitative estimate of drug-likeness (QED) is 0.810. The smallest absolute Gasteiger partial charge is 0.161 e. The molecule has 1 aromatic carbocycles. The molecular formula is C12H13BrF2N2S. The Morgan fingerprint density at radius 2 is 2.17 bits per heavy atom. The number of nitrogens with zero attached hydrogens (tertiary/aromatic N) is 1. The number of rotatable bonds is 2. The van der Waals surface area contributed by atoms with E-state index in [9.17, 15) is 8.78 Å². The number of nitrogens with one attached hydrogen (secondary N) is 1. The lowest BCUT2D eigenvalue weighted by Crippen LogP contribution is -2.20. The summed E-state index contributed by atoms with van der Waals surface area (Å²) in [6.45, 7) is 4.11. The van der Waals surface area contributed by atoms with Crippen molar-refractivity contribution >= 4 is 38.5 Å². The van der Waals surface area contributed by atoms with Crippen LogP contribution in [0.15, 0.2) is 21.6 Å². The van der Waals surface area contributed by atoms with Gasteiger partial charge in [-0.05, 0) is 35.3 Å². The van der Waals surface area contributed by atoms with Crippen LogP contribution in [-0.2, 0) is 0 Å². The van der Waals surface area contributed by atoms with Gasteiger partial charge in [0.15, 0.2) is 5.17 Å². The van der Waals surface area contributed by atoms with Gasteiger partial charge in [-0.25, -0.2) is 8.78 Å². The van der Waals surface area contributed by atoms with Crippen molar-refractivity contribution < 1.29 is 8.78 Å². The first-order chi connectivity index (χ1) is 8.43. The van der Waals surface area contributed by atoms with Crippen LogP contribution in [0, 0.1) is 11.6 Å². The molecule has 98 valence electrons. The van der Waals surface area contributed by atoms with Gasteiger partial charge >= 0.3 is 0 Å². The molecule has 1 N–H and O–H groups in total.